The van der Waals surface area contributed by atoms with Crippen molar-refractivity contribution in [2.24, 2.45) is 0 Å². The van der Waals surface area contributed by atoms with Crippen molar-refractivity contribution in [2.45, 2.75) is 0 Å². The summed E-state index contributed by atoms with van der Waals surface area (Å²) >= 11 is 0. The molecule has 8 nitrogen and oxygen atoms in total. The first-order valence-electron chi connectivity index (χ1n) is 10.8. The molecule has 8 heteroatoms. The molecular weight excluding hydrogens is 472 g/mol. The second-order valence-corrected chi connectivity index (χ2v) is 7.61. The molecule has 0 aliphatic heterocycles. The molecule has 0 amide bonds. The first kappa shape index (κ1) is 24.4. The SMILES string of the molecule is O=C(Oc1ccc(C#Cc2ccc(C#Cc3ccccc3)cc2)cc1)c1cc([N+](=O)[O-])cc([N+](=O)[O-])c1. The third kappa shape index (κ3) is 6.66. The Balaban J connectivity index is 1.42. The predicted octanol–water partition coefficient (Wildman–Crippen LogP) is 5.52. The number of nitrogens with zero attached hydrogens (tertiary/aromatic N) is 2. The van der Waals surface area contributed by atoms with Gasteiger partial charge in [0.25, 0.3) is 11.4 Å². The fourth-order valence-electron chi connectivity index (χ4n) is 3.14. The Morgan fingerprint density at radius 3 is 1.43 bits per heavy atom. The Bertz CT molecular complexity index is 1570. The second-order valence-electron chi connectivity index (χ2n) is 7.61. The van der Waals surface area contributed by atoms with E-state index < -0.39 is 27.2 Å². The summed E-state index contributed by atoms with van der Waals surface area (Å²) in [5.41, 5.74) is 1.81. The maximum absolute atomic E-state index is 12.4. The molecule has 0 atom stereocenters. The maximum Gasteiger partial charge on any atom is 0.344 e. The van der Waals surface area contributed by atoms with Crippen molar-refractivity contribution in [1.29, 1.82) is 0 Å². The molecule has 0 fully saturated rings. The summed E-state index contributed by atoms with van der Waals surface area (Å²) < 4.78 is 5.21. The summed E-state index contributed by atoms with van der Waals surface area (Å²) in [7, 11) is 0. The molecule has 0 saturated carbocycles. The van der Waals surface area contributed by atoms with Crippen molar-refractivity contribution in [1.82, 2.24) is 0 Å². The van der Waals surface area contributed by atoms with Gasteiger partial charge >= 0.3 is 5.97 Å². The molecule has 0 saturated heterocycles. The van der Waals surface area contributed by atoms with E-state index >= 15 is 0 Å². The van der Waals surface area contributed by atoms with E-state index in [4.69, 9.17) is 4.74 Å². The van der Waals surface area contributed by atoms with Gasteiger partial charge in [-0.25, -0.2) is 4.79 Å². The number of non-ortho nitro benzene ring substituents is 2. The molecule has 0 heterocycles. The molecular formula is C29H16N2O6. The molecule has 0 N–H and O–H groups in total. The number of rotatable bonds is 4. The van der Waals surface area contributed by atoms with E-state index in [1.54, 1.807) is 12.1 Å². The summed E-state index contributed by atoms with van der Waals surface area (Å²) in [6.07, 6.45) is 0. The number of benzene rings is 4. The topological polar surface area (TPSA) is 113 Å². The lowest BCUT2D eigenvalue weighted by Gasteiger charge is -2.04. The second kappa shape index (κ2) is 11.1. The van der Waals surface area contributed by atoms with Crippen molar-refractivity contribution in [2.75, 3.05) is 0 Å². The van der Waals surface area contributed by atoms with Gasteiger partial charge in [-0.15, -0.1) is 0 Å². The van der Waals surface area contributed by atoms with Crippen molar-refractivity contribution in [3.05, 3.63) is 145 Å². The van der Waals surface area contributed by atoms with E-state index in [0.29, 0.717) is 5.56 Å². The van der Waals surface area contributed by atoms with Crippen molar-refractivity contribution < 1.29 is 19.4 Å². The smallest absolute Gasteiger partial charge is 0.344 e. The minimum absolute atomic E-state index is 0.158. The van der Waals surface area contributed by atoms with Crippen LogP contribution in [0.1, 0.15) is 32.6 Å². The summed E-state index contributed by atoms with van der Waals surface area (Å²) in [4.78, 5) is 32.8. The predicted molar refractivity (Wildman–Crippen MR) is 136 cm³/mol. The Morgan fingerprint density at radius 1 is 0.595 bits per heavy atom. The van der Waals surface area contributed by atoms with Gasteiger partial charge in [-0.2, -0.15) is 0 Å². The van der Waals surface area contributed by atoms with Gasteiger partial charge in [0, 0.05) is 34.4 Å². The minimum atomic E-state index is -0.957. The maximum atomic E-state index is 12.4. The molecule has 4 aromatic rings. The van der Waals surface area contributed by atoms with Gasteiger partial charge in [-0.05, 0) is 60.7 Å². The molecule has 0 unspecified atom stereocenters. The number of ether oxygens (including phenoxy) is 1. The first-order valence-corrected chi connectivity index (χ1v) is 10.8. The van der Waals surface area contributed by atoms with Crippen molar-refractivity contribution in [3.63, 3.8) is 0 Å². The van der Waals surface area contributed by atoms with Crippen molar-refractivity contribution in [3.8, 4) is 29.4 Å². The number of esters is 1. The summed E-state index contributed by atoms with van der Waals surface area (Å²) in [5.74, 6) is 11.5. The highest BCUT2D eigenvalue weighted by molar-refractivity contribution is 5.92. The average Bonchev–Trinajstić information content (AvgIpc) is 2.92. The van der Waals surface area contributed by atoms with E-state index in [2.05, 4.69) is 23.7 Å². The zero-order valence-electron chi connectivity index (χ0n) is 19.1. The molecule has 0 aliphatic rings. The Morgan fingerprint density at radius 2 is 1.00 bits per heavy atom. The molecule has 0 radical (unpaired) electrons. The van der Waals surface area contributed by atoms with Crippen LogP contribution in [0.3, 0.4) is 0 Å². The molecule has 0 aromatic heterocycles. The number of hydrogen-bond donors (Lipinski definition) is 0. The number of carbonyl (C=O) groups excluding carboxylic acids is 1. The van der Waals surface area contributed by atoms with E-state index in [1.165, 1.54) is 12.1 Å². The van der Waals surface area contributed by atoms with Gasteiger partial charge in [0.15, 0.2) is 0 Å². The van der Waals surface area contributed by atoms with Crippen LogP contribution in [0.2, 0.25) is 0 Å². The Hall–Kier alpha value is -5.73. The molecule has 178 valence electrons. The highest BCUT2D eigenvalue weighted by atomic mass is 16.6. The van der Waals surface area contributed by atoms with Crippen LogP contribution in [0, 0.1) is 43.9 Å². The number of carbonyl (C=O) groups is 1. The van der Waals surface area contributed by atoms with Crippen molar-refractivity contribution >= 4 is 17.3 Å². The van der Waals surface area contributed by atoms with Crippen LogP contribution in [-0.4, -0.2) is 15.8 Å². The third-order valence-electron chi connectivity index (χ3n) is 4.99. The minimum Gasteiger partial charge on any atom is -0.423 e. The normalized spacial score (nSPS) is 9.73. The summed E-state index contributed by atoms with van der Waals surface area (Å²) in [6, 6.07) is 26.1. The fourth-order valence-corrected chi connectivity index (χ4v) is 3.14. The molecule has 37 heavy (non-hydrogen) atoms. The van der Waals surface area contributed by atoms with Crippen LogP contribution < -0.4 is 4.74 Å². The largest absolute Gasteiger partial charge is 0.423 e. The molecule has 0 bridgehead atoms. The van der Waals surface area contributed by atoms with Crippen LogP contribution in [0.5, 0.6) is 5.75 Å². The molecule has 0 aliphatic carbocycles. The highest BCUT2D eigenvalue weighted by Gasteiger charge is 2.21. The molecule has 4 rings (SSSR count). The van der Waals surface area contributed by atoms with E-state index in [1.807, 2.05) is 54.6 Å². The van der Waals surface area contributed by atoms with Crippen LogP contribution in [-0.2, 0) is 0 Å². The van der Waals surface area contributed by atoms with Gasteiger partial charge < -0.3 is 4.74 Å². The van der Waals surface area contributed by atoms with Gasteiger partial charge in [0.1, 0.15) is 5.75 Å². The molecule has 4 aromatic carbocycles. The van der Waals surface area contributed by atoms with Gasteiger partial charge in [-0.3, -0.25) is 20.2 Å². The fraction of sp³-hybridized carbons (Fsp3) is 0. The lowest BCUT2D eigenvalue weighted by Crippen LogP contribution is -2.09. The first-order chi connectivity index (χ1) is 17.9. The lowest BCUT2D eigenvalue weighted by atomic mass is 10.1. The Kier molecular flexibility index (Phi) is 7.34. The highest BCUT2D eigenvalue weighted by Crippen LogP contribution is 2.24. The zero-order valence-corrected chi connectivity index (χ0v) is 19.1. The van der Waals surface area contributed by atoms with Gasteiger partial charge in [-0.1, -0.05) is 41.9 Å². The zero-order chi connectivity index (χ0) is 26.2. The number of nitro groups is 2. The van der Waals surface area contributed by atoms with Crippen LogP contribution >= 0.6 is 0 Å². The third-order valence-corrected chi connectivity index (χ3v) is 4.99. The quantitative estimate of drug-likeness (QED) is 0.123. The number of hydrogen-bond acceptors (Lipinski definition) is 6. The number of nitro benzene ring substituents is 2. The van der Waals surface area contributed by atoms with Gasteiger partial charge in [0.2, 0.25) is 0 Å². The Labute approximate surface area is 211 Å². The summed E-state index contributed by atoms with van der Waals surface area (Å²) in [6.45, 7) is 0. The summed E-state index contributed by atoms with van der Waals surface area (Å²) in [5, 5.41) is 22.0. The van der Waals surface area contributed by atoms with E-state index in [0.717, 1.165) is 34.9 Å². The molecule has 0 spiro atoms. The lowest BCUT2D eigenvalue weighted by molar-refractivity contribution is -0.394. The average molecular weight is 488 g/mol. The van der Waals surface area contributed by atoms with E-state index in [9.17, 15) is 25.0 Å². The van der Waals surface area contributed by atoms with E-state index in [-0.39, 0.29) is 11.3 Å². The monoisotopic (exact) mass is 488 g/mol. The standard InChI is InChI=1S/C29H16N2O6/c32-29(25-18-26(30(33)34)20-27(19-25)31(35)36)37-28-16-14-24(15-17-28)13-12-23-10-8-22(9-11-23)7-6-21-4-2-1-3-5-21/h1-5,8-11,14-20H. The van der Waals surface area contributed by atoms with Gasteiger partial charge in [0.05, 0.1) is 21.5 Å². The van der Waals surface area contributed by atoms with Crippen LogP contribution in [0.4, 0.5) is 11.4 Å². The van der Waals surface area contributed by atoms with Crippen LogP contribution in [0.25, 0.3) is 0 Å². The van der Waals surface area contributed by atoms with Crippen LogP contribution in [0.15, 0.2) is 97.1 Å².